The normalized spacial score (nSPS) is 18.7. The van der Waals surface area contributed by atoms with Gasteiger partial charge in [0.05, 0.1) is 6.10 Å². The summed E-state index contributed by atoms with van der Waals surface area (Å²) in [5, 5.41) is 3.98. The van der Waals surface area contributed by atoms with E-state index in [4.69, 9.17) is 9.47 Å². The number of H-pyrrole nitrogens is 1. The zero-order valence-electron chi connectivity index (χ0n) is 14.5. The summed E-state index contributed by atoms with van der Waals surface area (Å²) < 4.78 is 10.9. The molecule has 2 aliphatic rings. The van der Waals surface area contributed by atoms with Crippen LogP contribution in [0.15, 0.2) is 41.7 Å². The molecule has 0 unspecified atom stereocenters. The number of ether oxygens (including phenoxy) is 2. The first kappa shape index (κ1) is 16.4. The summed E-state index contributed by atoms with van der Waals surface area (Å²) in [7, 11) is 0. The number of fused-ring (bicyclic) bond motifs is 1. The predicted molar refractivity (Wildman–Crippen MR) is 94.6 cm³/mol. The Labute approximate surface area is 150 Å². The van der Waals surface area contributed by atoms with Crippen molar-refractivity contribution >= 4 is 28.9 Å². The van der Waals surface area contributed by atoms with Crippen molar-refractivity contribution in [1.29, 1.82) is 0 Å². The fourth-order valence-electron chi connectivity index (χ4n) is 2.74. The van der Waals surface area contributed by atoms with Crippen molar-refractivity contribution in [2.24, 2.45) is 0 Å². The number of Topliss-reactive ketones (excluding diaryl/α,β-unsaturated/α-hetero) is 1. The molecule has 7 nitrogen and oxygen atoms in total. The molecule has 1 aliphatic heterocycles. The van der Waals surface area contributed by atoms with E-state index in [0.717, 1.165) is 23.8 Å². The highest BCUT2D eigenvalue weighted by molar-refractivity contribution is 6.26. The summed E-state index contributed by atoms with van der Waals surface area (Å²) in [4.78, 5) is 32.4. The van der Waals surface area contributed by atoms with Gasteiger partial charge in [-0.3, -0.25) is 4.79 Å². The molecule has 26 heavy (non-hydrogen) atoms. The van der Waals surface area contributed by atoms with E-state index < -0.39 is 11.8 Å². The van der Waals surface area contributed by atoms with E-state index in [0.29, 0.717) is 5.65 Å². The largest absolute Gasteiger partial charge is 0.459 e. The number of carbonyl (C=O) groups excluding carboxylic acids is 2. The molecule has 2 aromatic rings. The van der Waals surface area contributed by atoms with Gasteiger partial charge in [-0.05, 0) is 44.9 Å². The van der Waals surface area contributed by atoms with E-state index >= 15 is 0 Å². The minimum absolute atomic E-state index is 0.0742. The number of hydrogen-bond acceptors (Lipinski definition) is 6. The van der Waals surface area contributed by atoms with Crippen LogP contribution in [-0.2, 0) is 19.1 Å². The van der Waals surface area contributed by atoms with Crippen molar-refractivity contribution in [3.63, 3.8) is 0 Å². The highest BCUT2D eigenvalue weighted by atomic mass is 16.5. The first-order valence-electron chi connectivity index (χ1n) is 8.61. The lowest BCUT2D eigenvalue weighted by Gasteiger charge is -2.09. The Hall–Kier alpha value is -3.09. The fraction of sp³-hybridized carbons (Fsp3) is 0.316. The van der Waals surface area contributed by atoms with Crippen LogP contribution in [0.4, 0.5) is 0 Å². The molecule has 4 rings (SSSR count). The van der Waals surface area contributed by atoms with Crippen LogP contribution < -0.4 is 5.32 Å². The van der Waals surface area contributed by atoms with Gasteiger partial charge in [-0.1, -0.05) is 0 Å². The van der Waals surface area contributed by atoms with Crippen LogP contribution in [0.3, 0.4) is 0 Å². The number of aromatic amines is 1. The van der Waals surface area contributed by atoms with Crippen molar-refractivity contribution in [3.05, 3.63) is 47.3 Å². The SMILES string of the molecule is CC(C)OC(=O)C1=C(NC2CC2)O/C(=C\c2c[nH]c3ncccc23)C1=O. The number of nitrogens with zero attached hydrogens (tertiary/aromatic N) is 1. The molecule has 1 aliphatic carbocycles. The van der Waals surface area contributed by atoms with Gasteiger partial charge in [-0.25, -0.2) is 9.78 Å². The first-order valence-corrected chi connectivity index (χ1v) is 8.61. The average molecular weight is 353 g/mol. The van der Waals surface area contributed by atoms with Crippen LogP contribution in [0, 0.1) is 0 Å². The molecule has 0 amide bonds. The summed E-state index contributed by atoms with van der Waals surface area (Å²) >= 11 is 0. The van der Waals surface area contributed by atoms with E-state index in [1.165, 1.54) is 0 Å². The lowest BCUT2D eigenvalue weighted by molar-refractivity contribution is -0.143. The third-order valence-electron chi connectivity index (χ3n) is 4.12. The number of carbonyl (C=O) groups is 2. The van der Waals surface area contributed by atoms with Gasteiger partial charge >= 0.3 is 5.97 Å². The van der Waals surface area contributed by atoms with E-state index in [1.807, 2.05) is 12.1 Å². The maximum atomic E-state index is 12.8. The molecule has 0 atom stereocenters. The molecule has 0 radical (unpaired) electrons. The quantitative estimate of drug-likeness (QED) is 0.487. The lowest BCUT2D eigenvalue weighted by Crippen LogP contribution is -2.23. The van der Waals surface area contributed by atoms with Gasteiger partial charge in [0.2, 0.25) is 11.7 Å². The highest BCUT2D eigenvalue weighted by Gasteiger charge is 2.39. The van der Waals surface area contributed by atoms with Gasteiger partial charge in [0.15, 0.2) is 11.3 Å². The molecule has 0 aromatic carbocycles. The van der Waals surface area contributed by atoms with Crippen LogP contribution in [0.25, 0.3) is 17.1 Å². The monoisotopic (exact) mass is 353 g/mol. The minimum atomic E-state index is -0.669. The van der Waals surface area contributed by atoms with Crippen LogP contribution >= 0.6 is 0 Å². The summed E-state index contributed by atoms with van der Waals surface area (Å²) in [6.07, 6.45) is 6.71. The summed E-state index contributed by atoms with van der Waals surface area (Å²) in [5.41, 5.74) is 1.41. The van der Waals surface area contributed by atoms with Crippen LogP contribution in [-0.4, -0.2) is 33.9 Å². The van der Waals surface area contributed by atoms with Crippen molar-refractivity contribution in [3.8, 4) is 0 Å². The second-order valence-corrected chi connectivity index (χ2v) is 6.66. The second-order valence-electron chi connectivity index (χ2n) is 6.66. The summed E-state index contributed by atoms with van der Waals surface area (Å²) in [6.45, 7) is 3.48. The zero-order valence-corrected chi connectivity index (χ0v) is 14.5. The van der Waals surface area contributed by atoms with E-state index in [-0.39, 0.29) is 29.4 Å². The van der Waals surface area contributed by atoms with Gasteiger partial charge in [0, 0.05) is 29.4 Å². The molecule has 1 saturated carbocycles. The van der Waals surface area contributed by atoms with Crippen molar-refractivity contribution in [2.75, 3.05) is 0 Å². The standard InChI is InChI=1S/C19H19N3O4/c1-10(2)25-19(24)15-16(23)14(26-18(15)22-12-5-6-12)8-11-9-21-17-13(11)4-3-7-20-17/h3-4,7-10,12,22H,5-6H2,1-2H3,(H,20,21)/b14-8-. The van der Waals surface area contributed by atoms with Crippen molar-refractivity contribution < 1.29 is 19.1 Å². The van der Waals surface area contributed by atoms with Gasteiger partial charge in [-0.15, -0.1) is 0 Å². The zero-order chi connectivity index (χ0) is 18.3. The first-order chi connectivity index (χ1) is 12.5. The molecular weight excluding hydrogens is 334 g/mol. The lowest BCUT2D eigenvalue weighted by atomic mass is 10.1. The Morgan fingerprint density at radius 2 is 2.27 bits per heavy atom. The van der Waals surface area contributed by atoms with Gasteiger partial charge in [0.1, 0.15) is 5.65 Å². The molecule has 3 heterocycles. The van der Waals surface area contributed by atoms with Crippen LogP contribution in [0.1, 0.15) is 32.3 Å². The Balaban J connectivity index is 1.67. The molecule has 7 heteroatoms. The van der Waals surface area contributed by atoms with Gasteiger partial charge in [0.25, 0.3) is 0 Å². The molecule has 0 bridgehead atoms. The molecule has 2 N–H and O–H groups in total. The number of ketones is 1. The second kappa shape index (κ2) is 6.33. The molecule has 0 spiro atoms. The van der Waals surface area contributed by atoms with Crippen molar-refractivity contribution in [2.45, 2.75) is 38.8 Å². The fourth-order valence-corrected chi connectivity index (χ4v) is 2.74. The molecule has 1 fully saturated rings. The van der Waals surface area contributed by atoms with Gasteiger partial charge in [-0.2, -0.15) is 0 Å². The number of nitrogens with one attached hydrogen (secondary N) is 2. The summed E-state index contributed by atoms with van der Waals surface area (Å²) in [6, 6.07) is 3.95. The van der Waals surface area contributed by atoms with Gasteiger partial charge < -0.3 is 19.8 Å². The van der Waals surface area contributed by atoms with E-state index in [9.17, 15) is 9.59 Å². The van der Waals surface area contributed by atoms with E-state index in [2.05, 4.69) is 15.3 Å². The highest BCUT2D eigenvalue weighted by Crippen LogP contribution is 2.31. The smallest absolute Gasteiger partial charge is 0.348 e. The molecule has 0 saturated heterocycles. The number of esters is 1. The molecule has 2 aromatic heterocycles. The number of pyridine rings is 1. The third kappa shape index (κ3) is 3.08. The number of allylic oxidation sites excluding steroid dienone is 1. The number of aromatic nitrogens is 2. The average Bonchev–Trinajstić information content (AvgIpc) is 3.23. The maximum absolute atomic E-state index is 12.8. The Morgan fingerprint density at radius 1 is 1.46 bits per heavy atom. The third-order valence-corrected chi connectivity index (χ3v) is 4.12. The Kier molecular flexibility index (Phi) is 3.99. The summed E-state index contributed by atoms with van der Waals surface area (Å²) in [5.74, 6) is -0.866. The maximum Gasteiger partial charge on any atom is 0.348 e. The van der Waals surface area contributed by atoms with Crippen LogP contribution in [0.2, 0.25) is 0 Å². The van der Waals surface area contributed by atoms with Crippen LogP contribution in [0.5, 0.6) is 0 Å². The number of rotatable bonds is 5. The Bertz CT molecular complexity index is 951. The van der Waals surface area contributed by atoms with Crippen molar-refractivity contribution in [1.82, 2.24) is 15.3 Å². The minimum Gasteiger partial charge on any atom is -0.459 e. The molecular formula is C19H19N3O4. The Morgan fingerprint density at radius 3 is 3.00 bits per heavy atom. The van der Waals surface area contributed by atoms with E-state index in [1.54, 1.807) is 32.3 Å². The predicted octanol–water partition coefficient (Wildman–Crippen LogP) is 2.42. The topological polar surface area (TPSA) is 93.3 Å². The molecule has 134 valence electrons. The number of hydrogen-bond donors (Lipinski definition) is 2.